The number of benzene rings is 2. The molecule has 0 spiro atoms. The largest absolute Gasteiger partial charge is 0.493 e. The van der Waals surface area contributed by atoms with Crippen LogP contribution < -0.4 is 24.2 Å². The van der Waals surface area contributed by atoms with E-state index in [9.17, 15) is 13.2 Å². The number of carbonyl (C=O) groups is 1. The first-order chi connectivity index (χ1) is 19.5. The Hall–Kier alpha value is -3.94. The van der Waals surface area contributed by atoms with Crippen molar-refractivity contribution in [1.82, 2.24) is 15.3 Å². The molecular formula is C28H34N4O8S. The summed E-state index contributed by atoms with van der Waals surface area (Å²) in [6.45, 7) is 7.22. The number of aromatic nitrogens is 2. The Balaban J connectivity index is 1.82. The zero-order chi connectivity index (χ0) is 29.6. The van der Waals surface area contributed by atoms with Crippen LogP contribution in [0.4, 0.5) is 5.82 Å². The van der Waals surface area contributed by atoms with Gasteiger partial charge in [-0.15, -0.1) is 0 Å². The molecule has 0 amide bonds. The van der Waals surface area contributed by atoms with Gasteiger partial charge in [0.15, 0.2) is 23.1 Å². The van der Waals surface area contributed by atoms with E-state index in [2.05, 4.69) is 20.0 Å². The molecule has 3 aromatic rings. The lowest BCUT2D eigenvalue weighted by molar-refractivity contribution is -0.137. The van der Waals surface area contributed by atoms with Gasteiger partial charge < -0.3 is 29.4 Å². The lowest BCUT2D eigenvalue weighted by atomic mass is 9.87. The number of methoxy groups -OCH3 is 1. The molecule has 0 radical (unpaired) electrons. The van der Waals surface area contributed by atoms with E-state index in [1.54, 1.807) is 36.4 Å². The van der Waals surface area contributed by atoms with Gasteiger partial charge in [-0.25, -0.2) is 8.42 Å². The van der Waals surface area contributed by atoms with Gasteiger partial charge in [-0.3, -0.25) is 9.52 Å². The highest BCUT2D eigenvalue weighted by Gasteiger charge is 2.30. The molecule has 1 aliphatic heterocycles. The highest BCUT2D eigenvalue weighted by Crippen LogP contribution is 2.41. The fraction of sp³-hybridized carbons (Fsp3) is 0.393. The highest BCUT2D eigenvalue weighted by molar-refractivity contribution is 7.92. The average molecular weight is 587 g/mol. The zero-order valence-corrected chi connectivity index (χ0v) is 24.2. The van der Waals surface area contributed by atoms with Gasteiger partial charge in [-0.2, -0.15) is 9.97 Å². The number of morpholine rings is 1. The Kier molecular flexibility index (Phi) is 9.31. The van der Waals surface area contributed by atoms with Crippen LogP contribution in [0.1, 0.15) is 44.6 Å². The molecule has 41 heavy (non-hydrogen) atoms. The van der Waals surface area contributed by atoms with Crippen LogP contribution in [-0.2, 0) is 25.0 Å². The van der Waals surface area contributed by atoms with Crippen molar-refractivity contribution >= 4 is 21.8 Å². The second kappa shape index (κ2) is 12.7. The van der Waals surface area contributed by atoms with Gasteiger partial charge in [0.2, 0.25) is 0 Å². The quantitative estimate of drug-likeness (QED) is 0.299. The number of para-hydroxylation sites is 2. The summed E-state index contributed by atoms with van der Waals surface area (Å²) in [7, 11) is -2.68. The Morgan fingerprint density at radius 2 is 1.83 bits per heavy atom. The molecule has 3 N–H and O–H groups in total. The third-order valence-electron chi connectivity index (χ3n) is 6.19. The average Bonchev–Trinajstić information content (AvgIpc) is 2.94. The monoisotopic (exact) mass is 586 g/mol. The van der Waals surface area contributed by atoms with Crippen molar-refractivity contribution in [2.45, 2.75) is 43.6 Å². The molecule has 13 heteroatoms. The van der Waals surface area contributed by atoms with Gasteiger partial charge in [0, 0.05) is 13.1 Å². The van der Waals surface area contributed by atoms with Gasteiger partial charge in [0.1, 0.15) is 18.4 Å². The van der Waals surface area contributed by atoms with Gasteiger partial charge in [-0.1, -0.05) is 45.0 Å². The number of hydrogen-bond acceptors (Lipinski definition) is 10. The van der Waals surface area contributed by atoms with Crippen LogP contribution in [0, 0.1) is 0 Å². The normalized spacial score (nSPS) is 15.7. The van der Waals surface area contributed by atoms with E-state index in [4.69, 9.17) is 24.1 Å². The summed E-state index contributed by atoms with van der Waals surface area (Å²) in [6.07, 6.45) is -0.950. The number of carboxylic acid groups (broad SMARTS) is 1. The summed E-state index contributed by atoms with van der Waals surface area (Å²) < 4.78 is 52.8. The molecule has 1 fully saturated rings. The van der Waals surface area contributed by atoms with E-state index < -0.39 is 22.1 Å². The molecule has 1 aromatic heterocycles. The molecule has 4 rings (SSSR count). The first-order valence-electron chi connectivity index (χ1n) is 13.0. The Morgan fingerprint density at radius 1 is 1.12 bits per heavy atom. The standard InChI is InChI=1S/C28H34N4O8S/c1-28(2,3)18-9-11-19(12-10-18)41(35,36)32-26-25(40-21-8-6-5-7-20(21)37-4)24(22-17-29-14-16-38-22)30-27(31-26)39-15-13-23(33)34/h5-12,22,29H,13-17H2,1-4H3,(H,33,34)(H,30,31,32). The first-order valence-corrected chi connectivity index (χ1v) is 14.5. The van der Waals surface area contributed by atoms with E-state index in [0.717, 1.165) is 5.56 Å². The third-order valence-corrected chi connectivity index (χ3v) is 7.55. The SMILES string of the molecule is COc1ccccc1Oc1c(NS(=O)(=O)c2ccc(C(C)(C)C)cc2)nc(OCCC(=O)O)nc1C1CNCCO1. The summed E-state index contributed by atoms with van der Waals surface area (Å²) in [5.41, 5.74) is 1.02. The predicted molar refractivity (Wildman–Crippen MR) is 150 cm³/mol. The summed E-state index contributed by atoms with van der Waals surface area (Å²) >= 11 is 0. The van der Waals surface area contributed by atoms with Crippen molar-refractivity contribution in [3.63, 3.8) is 0 Å². The fourth-order valence-corrected chi connectivity index (χ4v) is 5.01. The molecule has 2 heterocycles. The number of nitrogens with zero attached hydrogens (tertiary/aromatic N) is 2. The highest BCUT2D eigenvalue weighted by atomic mass is 32.2. The maximum atomic E-state index is 13.6. The van der Waals surface area contributed by atoms with E-state index in [1.165, 1.54) is 19.2 Å². The minimum atomic E-state index is -4.16. The Bertz CT molecular complexity index is 1470. The Morgan fingerprint density at radius 3 is 2.44 bits per heavy atom. The van der Waals surface area contributed by atoms with Gasteiger partial charge >= 0.3 is 12.0 Å². The van der Waals surface area contributed by atoms with E-state index in [0.29, 0.717) is 25.4 Å². The maximum Gasteiger partial charge on any atom is 0.318 e. The fourth-order valence-electron chi connectivity index (χ4n) is 4.00. The van der Waals surface area contributed by atoms with Crippen molar-refractivity contribution in [3.05, 3.63) is 59.8 Å². The minimum Gasteiger partial charge on any atom is -0.493 e. The number of hydrogen-bond donors (Lipinski definition) is 3. The van der Waals surface area contributed by atoms with Crippen molar-refractivity contribution in [2.75, 3.05) is 38.1 Å². The second-order valence-corrected chi connectivity index (χ2v) is 11.9. The van der Waals surface area contributed by atoms with Crippen molar-refractivity contribution in [1.29, 1.82) is 0 Å². The molecule has 220 valence electrons. The summed E-state index contributed by atoms with van der Waals surface area (Å²) in [5.74, 6) is -0.600. The number of nitrogens with one attached hydrogen (secondary N) is 2. The second-order valence-electron chi connectivity index (χ2n) is 10.3. The third kappa shape index (κ3) is 7.63. The molecule has 2 aromatic carbocycles. The molecule has 1 atom stereocenters. The van der Waals surface area contributed by atoms with Crippen LogP contribution in [-0.4, -0.2) is 62.9 Å². The Labute approximate surface area is 239 Å². The number of rotatable bonds is 11. The molecule has 1 saturated heterocycles. The lowest BCUT2D eigenvalue weighted by Gasteiger charge is -2.26. The lowest BCUT2D eigenvalue weighted by Crippen LogP contribution is -2.34. The van der Waals surface area contributed by atoms with Crippen LogP contribution in [0.5, 0.6) is 23.3 Å². The topological polar surface area (TPSA) is 158 Å². The zero-order valence-electron chi connectivity index (χ0n) is 23.3. The van der Waals surface area contributed by atoms with Crippen molar-refractivity contribution in [3.8, 4) is 23.3 Å². The van der Waals surface area contributed by atoms with Crippen LogP contribution >= 0.6 is 0 Å². The summed E-state index contributed by atoms with van der Waals surface area (Å²) in [4.78, 5) is 19.8. The number of ether oxygens (including phenoxy) is 4. The van der Waals surface area contributed by atoms with Crippen molar-refractivity contribution in [2.24, 2.45) is 0 Å². The number of sulfonamides is 1. The molecule has 1 aliphatic rings. The van der Waals surface area contributed by atoms with Crippen LogP contribution in [0.3, 0.4) is 0 Å². The molecular weight excluding hydrogens is 552 g/mol. The molecule has 1 unspecified atom stereocenters. The van der Waals surface area contributed by atoms with Crippen LogP contribution in [0.25, 0.3) is 0 Å². The van der Waals surface area contributed by atoms with Gasteiger partial charge in [0.25, 0.3) is 10.0 Å². The summed E-state index contributed by atoms with van der Waals surface area (Å²) in [5, 5.41) is 12.3. The first kappa shape index (κ1) is 30.0. The molecule has 0 bridgehead atoms. The molecule has 0 aliphatic carbocycles. The van der Waals surface area contributed by atoms with Crippen LogP contribution in [0.15, 0.2) is 53.4 Å². The van der Waals surface area contributed by atoms with E-state index in [-0.39, 0.29) is 52.4 Å². The number of carboxylic acids is 1. The molecule has 12 nitrogen and oxygen atoms in total. The summed E-state index contributed by atoms with van der Waals surface area (Å²) in [6, 6.07) is 13.2. The smallest absolute Gasteiger partial charge is 0.318 e. The number of anilines is 1. The van der Waals surface area contributed by atoms with Gasteiger partial charge in [-0.05, 0) is 35.2 Å². The van der Waals surface area contributed by atoms with E-state index in [1.807, 2.05) is 20.8 Å². The van der Waals surface area contributed by atoms with E-state index >= 15 is 0 Å². The number of aliphatic carboxylic acids is 1. The minimum absolute atomic E-state index is 0.0105. The van der Waals surface area contributed by atoms with Crippen molar-refractivity contribution < 1.29 is 37.3 Å². The van der Waals surface area contributed by atoms with Gasteiger partial charge in [0.05, 0.1) is 25.0 Å². The predicted octanol–water partition coefficient (Wildman–Crippen LogP) is 3.89. The maximum absolute atomic E-state index is 13.6. The van der Waals surface area contributed by atoms with Crippen LogP contribution in [0.2, 0.25) is 0 Å². The molecule has 0 saturated carbocycles.